The van der Waals surface area contributed by atoms with Crippen molar-refractivity contribution in [2.24, 2.45) is 0 Å². The minimum Gasteiger partial charge on any atom is -0.332 e. The smallest absolute Gasteiger partial charge is 0.0950 e. The standard InChI is InChI=1S/C11H20N2/c1-4-5-6-7-11(2,3)13-9-8-12-10-13/h8-10H,4-7H2,1-3H3. The van der Waals surface area contributed by atoms with Crippen molar-refractivity contribution in [3.8, 4) is 0 Å². The zero-order chi connectivity index (χ0) is 9.73. The predicted molar refractivity (Wildman–Crippen MR) is 55.7 cm³/mol. The molecule has 1 aromatic heterocycles. The molecule has 0 bridgehead atoms. The third-order valence-electron chi connectivity index (χ3n) is 2.60. The quantitative estimate of drug-likeness (QED) is 0.636. The zero-order valence-corrected chi connectivity index (χ0v) is 8.95. The molecule has 2 heteroatoms. The fourth-order valence-electron chi connectivity index (χ4n) is 1.55. The Morgan fingerprint density at radius 3 is 2.62 bits per heavy atom. The van der Waals surface area contributed by atoms with Crippen LogP contribution in [0.2, 0.25) is 0 Å². The number of hydrogen-bond donors (Lipinski definition) is 0. The Kier molecular flexibility index (Phi) is 3.52. The Morgan fingerprint density at radius 1 is 1.31 bits per heavy atom. The van der Waals surface area contributed by atoms with Crippen molar-refractivity contribution in [2.75, 3.05) is 0 Å². The fraction of sp³-hybridized carbons (Fsp3) is 0.727. The summed E-state index contributed by atoms with van der Waals surface area (Å²) in [6.07, 6.45) is 11.0. The Balaban J connectivity index is 2.46. The molecular formula is C11H20N2. The molecule has 0 aliphatic rings. The van der Waals surface area contributed by atoms with Gasteiger partial charge < -0.3 is 4.57 Å². The van der Waals surface area contributed by atoms with Crippen molar-refractivity contribution >= 4 is 0 Å². The second-order valence-electron chi connectivity index (χ2n) is 4.24. The molecule has 13 heavy (non-hydrogen) atoms. The molecule has 0 aliphatic heterocycles. The van der Waals surface area contributed by atoms with E-state index in [1.165, 1.54) is 25.7 Å². The van der Waals surface area contributed by atoms with E-state index >= 15 is 0 Å². The lowest BCUT2D eigenvalue weighted by atomic mass is 9.96. The van der Waals surface area contributed by atoms with Gasteiger partial charge in [-0.2, -0.15) is 0 Å². The van der Waals surface area contributed by atoms with Gasteiger partial charge in [0.2, 0.25) is 0 Å². The van der Waals surface area contributed by atoms with Gasteiger partial charge in [0, 0.05) is 17.9 Å². The first kappa shape index (κ1) is 10.3. The van der Waals surface area contributed by atoms with E-state index in [2.05, 4.69) is 30.3 Å². The lowest BCUT2D eigenvalue weighted by Gasteiger charge is -2.26. The molecule has 0 unspecified atom stereocenters. The van der Waals surface area contributed by atoms with Crippen molar-refractivity contribution in [3.05, 3.63) is 18.7 Å². The Morgan fingerprint density at radius 2 is 2.08 bits per heavy atom. The number of hydrogen-bond acceptors (Lipinski definition) is 1. The highest BCUT2D eigenvalue weighted by Gasteiger charge is 2.17. The average Bonchev–Trinajstić information content (AvgIpc) is 2.56. The molecule has 0 spiro atoms. The molecule has 1 rings (SSSR count). The highest BCUT2D eigenvalue weighted by Crippen LogP contribution is 2.22. The number of nitrogens with zero attached hydrogens (tertiary/aromatic N) is 2. The summed E-state index contributed by atoms with van der Waals surface area (Å²) in [6, 6.07) is 0. The van der Waals surface area contributed by atoms with Gasteiger partial charge in [-0.25, -0.2) is 4.98 Å². The Bertz CT molecular complexity index is 224. The number of rotatable bonds is 5. The summed E-state index contributed by atoms with van der Waals surface area (Å²) >= 11 is 0. The molecule has 1 heterocycles. The van der Waals surface area contributed by atoms with Crippen molar-refractivity contribution in [3.63, 3.8) is 0 Å². The van der Waals surface area contributed by atoms with E-state index in [9.17, 15) is 0 Å². The molecule has 0 saturated heterocycles. The highest BCUT2D eigenvalue weighted by atomic mass is 15.1. The molecule has 2 nitrogen and oxygen atoms in total. The van der Waals surface area contributed by atoms with Crippen LogP contribution in [0.25, 0.3) is 0 Å². The topological polar surface area (TPSA) is 17.8 Å². The predicted octanol–water partition coefficient (Wildman–Crippen LogP) is 3.20. The third-order valence-corrected chi connectivity index (χ3v) is 2.60. The van der Waals surface area contributed by atoms with Crippen LogP contribution in [0.4, 0.5) is 0 Å². The first-order valence-corrected chi connectivity index (χ1v) is 5.15. The van der Waals surface area contributed by atoms with Gasteiger partial charge in [0.1, 0.15) is 0 Å². The zero-order valence-electron chi connectivity index (χ0n) is 8.95. The number of unbranched alkanes of at least 4 members (excludes halogenated alkanes) is 2. The van der Waals surface area contributed by atoms with Crippen molar-refractivity contribution in [1.29, 1.82) is 0 Å². The summed E-state index contributed by atoms with van der Waals surface area (Å²) in [5.74, 6) is 0. The second kappa shape index (κ2) is 4.45. The summed E-state index contributed by atoms with van der Waals surface area (Å²) in [4.78, 5) is 4.08. The summed E-state index contributed by atoms with van der Waals surface area (Å²) < 4.78 is 2.20. The van der Waals surface area contributed by atoms with Gasteiger partial charge in [-0.05, 0) is 20.3 Å². The summed E-state index contributed by atoms with van der Waals surface area (Å²) in [6.45, 7) is 6.78. The molecule has 0 saturated carbocycles. The van der Waals surface area contributed by atoms with Gasteiger partial charge in [0.25, 0.3) is 0 Å². The maximum Gasteiger partial charge on any atom is 0.0950 e. The second-order valence-corrected chi connectivity index (χ2v) is 4.24. The largest absolute Gasteiger partial charge is 0.332 e. The van der Waals surface area contributed by atoms with Crippen LogP contribution in [0.5, 0.6) is 0 Å². The molecule has 0 atom stereocenters. The molecule has 74 valence electrons. The molecule has 0 radical (unpaired) electrons. The maximum atomic E-state index is 4.08. The van der Waals surface area contributed by atoms with Crippen LogP contribution in [0.3, 0.4) is 0 Å². The lowest BCUT2D eigenvalue weighted by Crippen LogP contribution is -2.24. The van der Waals surface area contributed by atoms with Gasteiger partial charge in [0.05, 0.1) is 6.33 Å². The third kappa shape index (κ3) is 2.87. The first-order valence-electron chi connectivity index (χ1n) is 5.15. The SMILES string of the molecule is CCCCCC(C)(C)n1ccnc1. The van der Waals surface area contributed by atoms with E-state index in [0.717, 1.165) is 0 Å². The first-order chi connectivity index (χ1) is 6.17. The van der Waals surface area contributed by atoms with Crippen LogP contribution in [-0.4, -0.2) is 9.55 Å². The minimum atomic E-state index is 0.228. The normalized spacial score (nSPS) is 11.9. The van der Waals surface area contributed by atoms with Gasteiger partial charge in [0.15, 0.2) is 0 Å². The highest BCUT2D eigenvalue weighted by molar-refractivity contribution is 4.85. The van der Waals surface area contributed by atoms with E-state index in [4.69, 9.17) is 0 Å². The number of aromatic nitrogens is 2. The van der Waals surface area contributed by atoms with Crippen LogP contribution in [-0.2, 0) is 5.54 Å². The molecule has 0 N–H and O–H groups in total. The minimum absolute atomic E-state index is 0.228. The van der Waals surface area contributed by atoms with E-state index < -0.39 is 0 Å². The molecule has 0 amide bonds. The van der Waals surface area contributed by atoms with Gasteiger partial charge in [-0.1, -0.05) is 26.2 Å². The van der Waals surface area contributed by atoms with Gasteiger partial charge in [-0.15, -0.1) is 0 Å². The Hall–Kier alpha value is -0.790. The lowest BCUT2D eigenvalue weighted by molar-refractivity contribution is 0.314. The van der Waals surface area contributed by atoms with Gasteiger partial charge in [-0.3, -0.25) is 0 Å². The molecule has 0 aliphatic carbocycles. The molecular weight excluding hydrogens is 160 g/mol. The van der Waals surface area contributed by atoms with Gasteiger partial charge >= 0.3 is 0 Å². The molecule has 0 fully saturated rings. The van der Waals surface area contributed by atoms with Crippen molar-refractivity contribution in [2.45, 2.75) is 52.0 Å². The van der Waals surface area contributed by atoms with E-state index in [1.807, 2.05) is 18.7 Å². The summed E-state index contributed by atoms with van der Waals surface area (Å²) in [5.41, 5.74) is 0.228. The average molecular weight is 180 g/mol. The molecule has 0 aromatic carbocycles. The van der Waals surface area contributed by atoms with Crippen LogP contribution in [0.1, 0.15) is 46.5 Å². The monoisotopic (exact) mass is 180 g/mol. The van der Waals surface area contributed by atoms with Crippen LogP contribution in [0, 0.1) is 0 Å². The van der Waals surface area contributed by atoms with E-state index in [1.54, 1.807) is 0 Å². The van der Waals surface area contributed by atoms with Crippen molar-refractivity contribution < 1.29 is 0 Å². The molecule has 1 aromatic rings. The van der Waals surface area contributed by atoms with E-state index in [-0.39, 0.29) is 5.54 Å². The fourth-order valence-corrected chi connectivity index (χ4v) is 1.55. The van der Waals surface area contributed by atoms with E-state index in [0.29, 0.717) is 0 Å². The van der Waals surface area contributed by atoms with Crippen molar-refractivity contribution in [1.82, 2.24) is 9.55 Å². The van der Waals surface area contributed by atoms with Crippen LogP contribution in [0.15, 0.2) is 18.7 Å². The van der Waals surface area contributed by atoms with Crippen LogP contribution < -0.4 is 0 Å². The van der Waals surface area contributed by atoms with Crippen LogP contribution >= 0.6 is 0 Å². The maximum absolute atomic E-state index is 4.08. The summed E-state index contributed by atoms with van der Waals surface area (Å²) in [5, 5.41) is 0. The Labute approximate surface area is 81.0 Å². The summed E-state index contributed by atoms with van der Waals surface area (Å²) in [7, 11) is 0. The number of imidazole rings is 1.